The van der Waals surface area contributed by atoms with E-state index in [0.29, 0.717) is 11.5 Å². The minimum Gasteiger partial charge on any atom is -0.490 e. The van der Waals surface area contributed by atoms with E-state index in [2.05, 4.69) is 0 Å². The van der Waals surface area contributed by atoms with Gasteiger partial charge in [-0.15, -0.1) is 0 Å². The van der Waals surface area contributed by atoms with Crippen LogP contribution < -0.4 is 9.47 Å². The molecule has 8 heteroatoms. The van der Waals surface area contributed by atoms with Crippen molar-refractivity contribution < 1.29 is 22.8 Å². The minimum atomic E-state index is -3.29. The molecule has 122 valence electrons. The van der Waals surface area contributed by atoms with Gasteiger partial charge in [0.1, 0.15) is 24.7 Å². The van der Waals surface area contributed by atoms with E-state index in [1.54, 1.807) is 18.2 Å². The summed E-state index contributed by atoms with van der Waals surface area (Å²) in [4.78, 5) is 10.3. The molecule has 0 heterocycles. The van der Waals surface area contributed by atoms with Crippen molar-refractivity contribution in [1.82, 2.24) is 0 Å². The lowest BCUT2D eigenvalue weighted by Crippen LogP contribution is -2.09. The van der Waals surface area contributed by atoms with Crippen LogP contribution >= 0.6 is 0 Å². The van der Waals surface area contributed by atoms with Crippen molar-refractivity contribution in [1.29, 1.82) is 0 Å². The van der Waals surface area contributed by atoms with Crippen molar-refractivity contribution in [2.45, 2.75) is 4.90 Å². The third-order valence-corrected chi connectivity index (χ3v) is 3.99. The number of benzene rings is 2. The lowest BCUT2D eigenvalue weighted by atomic mass is 10.3. The van der Waals surface area contributed by atoms with Crippen LogP contribution in [-0.2, 0) is 9.84 Å². The van der Waals surface area contributed by atoms with Crippen molar-refractivity contribution in [3.05, 3.63) is 58.6 Å². The normalized spacial score (nSPS) is 11.0. The van der Waals surface area contributed by atoms with Crippen LogP contribution in [0.1, 0.15) is 0 Å². The molecule has 0 atom stereocenters. The highest BCUT2D eigenvalue weighted by Crippen LogP contribution is 2.20. The molecular weight excluding hydrogens is 322 g/mol. The van der Waals surface area contributed by atoms with Gasteiger partial charge in [-0.1, -0.05) is 12.1 Å². The summed E-state index contributed by atoms with van der Waals surface area (Å²) in [5.41, 5.74) is -0.0516. The molecule has 0 saturated heterocycles. The van der Waals surface area contributed by atoms with Crippen LogP contribution in [0.15, 0.2) is 53.4 Å². The van der Waals surface area contributed by atoms with Gasteiger partial charge in [0.25, 0.3) is 5.69 Å². The number of nitro benzene ring substituents is 1. The number of rotatable bonds is 7. The predicted octanol–water partition coefficient (Wildman–Crippen LogP) is 2.46. The Kier molecular flexibility index (Phi) is 5.17. The van der Waals surface area contributed by atoms with Gasteiger partial charge in [-0.05, 0) is 24.3 Å². The number of hydrogen-bond acceptors (Lipinski definition) is 6. The standard InChI is InChI=1S/C15H15NO6S/c1-23(19,20)15-7-3-6-14(11-15)22-9-8-21-13-5-2-4-12(10-13)16(17)18/h2-7,10-11H,8-9H2,1H3. The van der Waals surface area contributed by atoms with Gasteiger partial charge in [0, 0.05) is 12.3 Å². The third kappa shape index (κ3) is 4.96. The summed E-state index contributed by atoms with van der Waals surface area (Å²) in [6.07, 6.45) is 1.12. The highest BCUT2D eigenvalue weighted by atomic mass is 32.2. The second-order valence-electron chi connectivity index (χ2n) is 4.70. The van der Waals surface area contributed by atoms with Crippen LogP contribution in [0.25, 0.3) is 0 Å². The van der Waals surface area contributed by atoms with Crippen molar-refractivity contribution in [3.63, 3.8) is 0 Å². The monoisotopic (exact) mass is 337 g/mol. The summed E-state index contributed by atoms with van der Waals surface area (Å²) in [5.74, 6) is 0.781. The number of nitrogens with zero attached hydrogens (tertiary/aromatic N) is 1. The molecule has 0 bridgehead atoms. The predicted molar refractivity (Wildman–Crippen MR) is 83.6 cm³/mol. The number of hydrogen-bond donors (Lipinski definition) is 0. The number of non-ortho nitro benzene ring substituents is 1. The fourth-order valence-electron chi connectivity index (χ4n) is 1.80. The Morgan fingerprint density at radius 2 is 1.57 bits per heavy atom. The zero-order chi connectivity index (χ0) is 16.9. The first-order chi connectivity index (χ1) is 10.9. The van der Waals surface area contributed by atoms with Crippen LogP contribution in [0.4, 0.5) is 5.69 Å². The molecule has 0 unspecified atom stereocenters. The van der Waals surface area contributed by atoms with Gasteiger partial charge in [0.15, 0.2) is 9.84 Å². The van der Waals surface area contributed by atoms with E-state index in [4.69, 9.17) is 9.47 Å². The average molecular weight is 337 g/mol. The summed E-state index contributed by atoms with van der Waals surface area (Å²) in [6.45, 7) is 0.347. The molecule has 0 N–H and O–H groups in total. The summed E-state index contributed by atoms with van der Waals surface area (Å²) < 4.78 is 33.7. The summed E-state index contributed by atoms with van der Waals surface area (Å²) in [7, 11) is -3.29. The Labute approximate surface area is 133 Å². The zero-order valence-corrected chi connectivity index (χ0v) is 13.2. The van der Waals surface area contributed by atoms with Crippen molar-refractivity contribution in [3.8, 4) is 11.5 Å². The molecule has 0 radical (unpaired) electrons. The quantitative estimate of drug-likeness (QED) is 0.437. The first-order valence-corrected chi connectivity index (χ1v) is 8.55. The number of ether oxygens (including phenoxy) is 2. The smallest absolute Gasteiger partial charge is 0.273 e. The molecule has 2 rings (SSSR count). The molecular formula is C15H15NO6S. The third-order valence-electron chi connectivity index (χ3n) is 2.88. The largest absolute Gasteiger partial charge is 0.490 e. The molecule has 2 aromatic carbocycles. The van der Waals surface area contributed by atoms with Gasteiger partial charge >= 0.3 is 0 Å². The van der Waals surface area contributed by atoms with E-state index in [-0.39, 0.29) is 23.8 Å². The Bertz CT molecular complexity index is 803. The molecule has 0 aliphatic rings. The van der Waals surface area contributed by atoms with E-state index in [9.17, 15) is 18.5 Å². The van der Waals surface area contributed by atoms with E-state index >= 15 is 0 Å². The lowest BCUT2D eigenvalue weighted by molar-refractivity contribution is -0.384. The molecule has 2 aromatic rings. The number of sulfone groups is 1. The average Bonchev–Trinajstić information content (AvgIpc) is 2.51. The lowest BCUT2D eigenvalue weighted by Gasteiger charge is -2.09. The van der Waals surface area contributed by atoms with E-state index in [1.165, 1.54) is 30.3 Å². The maximum atomic E-state index is 11.5. The molecule has 7 nitrogen and oxygen atoms in total. The maximum Gasteiger partial charge on any atom is 0.273 e. The first kappa shape index (κ1) is 16.8. The second kappa shape index (κ2) is 7.10. The van der Waals surface area contributed by atoms with Gasteiger partial charge in [-0.3, -0.25) is 10.1 Å². The van der Waals surface area contributed by atoms with E-state index in [1.807, 2.05) is 0 Å². The molecule has 0 fully saturated rings. The van der Waals surface area contributed by atoms with Gasteiger partial charge in [0.05, 0.1) is 15.9 Å². The van der Waals surface area contributed by atoms with Crippen LogP contribution in [0.3, 0.4) is 0 Å². The fraction of sp³-hybridized carbons (Fsp3) is 0.200. The molecule has 0 aromatic heterocycles. The molecule has 0 spiro atoms. The minimum absolute atomic E-state index is 0.0516. The topological polar surface area (TPSA) is 95.7 Å². The van der Waals surface area contributed by atoms with Crippen LogP contribution in [-0.4, -0.2) is 32.8 Å². The maximum absolute atomic E-state index is 11.5. The van der Waals surface area contributed by atoms with Crippen molar-refractivity contribution in [2.24, 2.45) is 0 Å². The van der Waals surface area contributed by atoms with E-state index < -0.39 is 14.8 Å². The van der Waals surface area contributed by atoms with Crippen LogP contribution in [0.5, 0.6) is 11.5 Å². The summed E-state index contributed by atoms with van der Waals surface area (Å²) in [5, 5.41) is 10.7. The first-order valence-electron chi connectivity index (χ1n) is 6.66. The highest BCUT2D eigenvalue weighted by Gasteiger charge is 2.08. The van der Waals surface area contributed by atoms with Gasteiger partial charge in [-0.2, -0.15) is 0 Å². The molecule has 0 saturated carbocycles. The Morgan fingerprint density at radius 1 is 1.00 bits per heavy atom. The Morgan fingerprint density at radius 3 is 2.13 bits per heavy atom. The second-order valence-corrected chi connectivity index (χ2v) is 6.71. The molecule has 23 heavy (non-hydrogen) atoms. The number of nitro groups is 1. The van der Waals surface area contributed by atoms with E-state index in [0.717, 1.165) is 6.26 Å². The fourth-order valence-corrected chi connectivity index (χ4v) is 2.46. The summed E-state index contributed by atoms with van der Waals surface area (Å²) in [6, 6.07) is 12.0. The SMILES string of the molecule is CS(=O)(=O)c1cccc(OCCOc2cccc([N+](=O)[O-])c2)c1. The van der Waals surface area contributed by atoms with Crippen molar-refractivity contribution >= 4 is 15.5 Å². The highest BCUT2D eigenvalue weighted by molar-refractivity contribution is 7.90. The Balaban J connectivity index is 1.89. The van der Waals surface area contributed by atoms with Crippen LogP contribution in [0.2, 0.25) is 0 Å². The summed E-state index contributed by atoms with van der Waals surface area (Å²) >= 11 is 0. The van der Waals surface area contributed by atoms with Crippen molar-refractivity contribution in [2.75, 3.05) is 19.5 Å². The zero-order valence-electron chi connectivity index (χ0n) is 12.3. The molecule has 0 aliphatic carbocycles. The Hall–Kier alpha value is -2.61. The molecule has 0 amide bonds. The molecule has 0 aliphatic heterocycles. The van der Waals surface area contributed by atoms with Gasteiger partial charge in [0.2, 0.25) is 0 Å². The van der Waals surface area contributed by atoms with Crippen LogP contribution in [0, 0.1) is 10.1 Å². The van der Waals surface area contributed by atoms with Gasteiger partial charge < -0.3 is 9.47 Å². The van der Waals surface area contributed by atoms with Gasteiger partial charge in [-0.25, -0.2) is 8.42 Å².